The molecular formula is C12H24N2. The molecule has 2 aliphatic rings. The summed E-state index contributed by atoms with van der Waals surface area (Å²) in [7, 11) is 2.33. The van der Waals surface area contributed by atoms with Gasteiger partial charge in [-0.3, -0.25) is 4.90 Å². The van der Waals surface area contributed by atoms with Crippen LogP contribution in [0.2, 0.25) is 0 Å². The first-order chi connectivity index (χ1) is 6.61. The molecule has 2 fully saturated rings. The Morgan fingerprint density at radius 1 is 1.29 bits per heavy atom. The lowest BCUT2D eigenvalue weighted by atomic mass is 9.86. The molecule has 2 rings (SSSR count). The molecule has 1 N–H and O–H groups in total. The van der Waals surface area contributed by atoms with Crippen LogP contribution in [0, 0.1) is 5.41 Å². The zero-order valence-electron chi connectivity index (χ0n) is 9.84. The Morgan fingerprint density at radius 2 is 2.07 bits per heavy atom. The van der Waals surface area contributed by atoms with Gasteiger partial charge in [-0.2, -0.15) is 0 Å². The third-order valence-corrected chi connectivity index (χ3v) is 4.30. The summed E-state index contributed by atoms with van der Waals surface area (Å²) in [5.74, 6) is 0. The zero-order valence-corrected chi connectivity index (χ0v) is 9.84. The number of rotatable bonds is 2. The summed E-state index contributed by atoms with van der Waals surface area (Å²) in [4.78, 5) is 2.65. The molecule has 1 aliphatic heterocycles. The fourth-order valence-corrected chi connectivity index (χ4v) is 3.30. The molecule has 82 valence electrons. The van der Waals surface area contributed by atoms with Gasteiger partial charge in [-0.15, -0.1) is 0 Å². The Labute approximate surface area is 88.1 Å². The highest BCUT2D eigenvalue weighted by atomic mass is 15.2. The second-order valence-electron chi connectivity index (χ2n) is 5.71. The van der Waals surface area contributed by atoms with Crippen molar-refractivity contribution in [2.24, 2.45) is 5.41 Å². The largest absolute Gasteiger partial charge is 0.315 e. The van der Waals surface area contributed by atoms with Crippen molar-refractivity contribution in [3.05, 3.63) is 0 Å². The van der Waals surface area contributed by atoms with Crippen LogP contribution in [0.25, 0.3) is 0 Å². The van der Waals surface area contributed by atoms with Crippen LogP contribution in [0.1, 0.15) is 39.5 Å². The van der Waals surface area contributed by atoms with Crippen molar-refractivity contribution >= 4 is 0 Å². The number of nitrogens with zero attached hydrogens (tertiary/aromatic N) is 1. The monoisotopic (exact) mass is 196 g/mol. The number of nitrogens with one attached hydrogen (secondary N) is 1. The van der Waals surface area contributed by atoms with Crippen LogP contribution in [0.4, 0.5) is 0 Å². The highest BCUT2D eigenvalue weighted by Crippen LogP contribution is 2.40. The van der Waals surface area contributed by atoms with Crippen LogP contribution in [0.3, 0.4) is 0 Å². The van der Waals surface area contributed by atoms with Gasteiger partial charge in [0.25, 0.3) is 0 Å². The standard InChI is InChI=1S/C12H24N2/c1-12(2)7-4-5-11(12)14(3)10-6-8-13-9-10/h10-11,13H,4-9H2,1-3H3. The van der Waals surface area contributed by atoms with E-state index >= 15 is 0 Å². The number of likely N-dealkylation sites (N-methyl/N-ethyl adjacent to an activating group) is 1. The van der Waals surface area contributed by atoms with E-state index < -0.39 is 0 Å². The van der Waals surface area contributed by atoms with E-state index in [9.17, 15) is 0 Å². The third kappa shape index (κ3) is 1.82. The van der Waals surface area contributed by atoms with Gasteiger partial charge in [0.1, 0.15) is 0 Å². The maximum atomic E-state index is 3.46. The molecule has 1 saturated carbocycles. The fourth-order valence-electron chi connectivity index (χ4n) is 3.30. The number of hydrogen-bond donors (Lipinski definition) is 1. The van der Waals surface area contributed by atoms with E-state index in [1.807, 2.05) is 0 Å². The summed E-state index contributed by atoms with van der Waals surface area (Å²) >= 11 is 0. The van der Waals surface area contributed by atoms with Crippen LogP contribution >= 0.6 is 0 Å². The Morgan fingerprint density at radius 3 is 2.57 bits per heavy atom. The summed E-state index contributed by atoms with van der Waals surface area (Å²) in [6.07, 6.45) is 5.56. The molecule has 1 aliphatic carbocycles. The molecule has 0 aromatic rings. The van der Waals surface area contributed by atoms with Gasteiger partial charge in [0, 0.05) is 18.6 Å². The van der Waals surface area contributed by atoms with Gasteiger partial charge < -0.3 is 5.32 Å². The fraction of sp³-hybridized carbons (Fsp3) is 1.00. The first kappa shape index (κ1) is 10.4. The van der Waals surface area contributed by atoms with E-state index in [0.717, 1.165) is 12.1 Å². The molecule has 2 unspecified atom stereocenters. The van der Waals surface area contributed by atoms with Crippen molar-refractivity contribution in [1.82, 2.24) is 10.2 Å². The van der Waals surface area contributed by atoms with Crippen molar-refractivity contribution in [3.63, 3.8) is 0 Å². The minimum Gasteiger partial charge on any atom is -0.315 e. The second-order valence-corrected chi connectivity index (χ2v) is 5.71. The summed E-state index contributed by atoms with van der Waals surface area (Å²) in [6, 6.07) is 1.60. The average Bonchev–Trinajstić information content (AvgIpc) is 2.71. The molecular weight excluding hydrogens is 172 g/mol. The molecule has 1 saturated heterocycles. The van der Waals surface area contributed by atoms with Crippen LogP contribution in [0.5, 0.6) is 0 Å². The summed E-state index contributed by atoms with van der Waals surface area (Å²) in [5, 5.41) is 3.46. The van der Waals surface area contributed by atoms with Crippen LogP contribution < -0.4 is 5.32 Å². The third-order valence-electron chi connectivity index (χ3n) is 4.30. The molecule has 2 heteroatoms. The van der Waals surface area contributed by atoms with E-state index in [1.54, 1.807) is 0 Å². The summed E-state index contributed by atoms with van der Waals surface area (Å²) in [5.41, 5.74) is 0.539. The lowest BCUT2D eigenvalue weighted by Gasteiger charge is -2.38. The van der Waals surface area contributed by atoms with Gasteiger partial charge in [-0.25, -0.2) is 0 Å². The van der Waals surface area contributed by atoms with Crippen molar-refractivity contribution < 1.29 is 0 Å². The summed E-state index contributed by atoms with van der Waals surface area (Å²) in [6.45, 7) is 7.28. The van der Waals surface area contributed by atoms with Gasteiger partial charge >= 0.3 is 0 Å². The topological polar surface area (TPSA) is 15.3 Å². The van der Waals surface area contributed by atoms with Crippen molar-refractivity contribution in [2.45, 2.75) is 51.6 Å². The quantitative estimate of drug-likeness (QED) is 0.725. The number of hydrogen-bond acceptors (Lipinski definition) is 2. The van der Waals surface area contributed by atoms with Crippen LogP contribution in [0.15, 0.2) is 0 Å². The molecule has 1 heterocycles. The first-order valence-electron chi connectivity index (χ1n) is 6.04. The van der Waals surface area contributed by atoms with Crippen LogP contribution in [-0.2, 0) is 0 Å². The van der Waals surface area contributed by atoms with Gasteiger partial charge in [0.05, 0.1) is 0 Å². The molecule has 0 amide bonds. The molecule has 2 nitrogen and oxygen atoms in total. The SMILES string of the molecule is CN(C1CCNC1)C1CCCC1(C)C. The van der Waals surface area contributed by atoms with Crippen molar-refractivity contribution in [2.75, 3.05) is 20.1 Å². The predicted molar refractivity (Wildman–Crippen MR) is 60.5 cm³/mol. The van der Waals surface area contributed by atoms with Gasteiger partial charge in [-0.1, -0.05) is 20.3 Å². The minimum atomic E-state index is 0.539. The highest BCUT2D eigenvalue weighted by molar-refractivity contribution is 4.94. The Balaban J connectivity index is 1.99. The van der Waals surface area contributed by atoms with Crippen molar-refractivity contribution in [1.29, 1.82) is 0 Å². The molecule has 0 bridgehead atoms. The van der Waals surface area contributed by atoms with E-state index in [-0.39, 0.29) is 0 Å². The normalized spacial score (nSPS) is 36.9. The van der Waals surface area contributed by atoms with E-state index in [2.05, 4.69) is 31.1 Å². The van der Waals surface area contributed by atoms with E-state index in [4.69, 9.17) is 0 Å². The minimum absolute atomic E-state index is 0.539. The highest BCUT2D eigenvalue weighted by Gasteiger charge is 2.39. The van der Waals surface area contributed by atoms with Gasteiger partial charge in [0.15, 0.2) is 0 Å². The maximum Gasteiger partial charge on any atom is 0.0232 e. The van der Waals surface area contributed by atoms with Crippen LogP contribution in [-0.4, -0.2) is 37.1 Å². The smallest absolute Gasteiger partial charge is 0.0232 e. The lowest BCUT2D eigenvalue weighted by Crippen LogP contribution is -2.46. The molecule has 0 radical (unpaired) electrons. The molecule has 2 atom stereocenters. The molecule has 0 spiro atoms. The molecule has 0 aromatic carbocycles. The second kappa shape index (κ2) is 3.82. The maximum absolute atomic E-state index is 3.46. The van der Waals surface area contributed by atoms with Gasteiger partial charge in [0.2, 0.25) is 0 Å². The van der Waals surface area contributed by atoms with E-state index in [0.29, 0.717) is 5.41 Å². The molecule has 14 heavy (non-hydrogen) atoms. The van der Waals surface area contributed by atoms with E-state index in [1.165, 1.54) is 38.8 Å². The zero-order chi connectivity index (χ0) is 10.2. The van der Waals surface area contributed by atoms with Gasteiger partial charge in [-0.05, 0) is 38.3 Å². The summed E-state index contributed by atoms with van der Waals surface area (Å²) < 4.78 is 0. The first-order valence-corrected chi connectivity index (χ1v) is 6.04. The predicted octanol–water partition coefficient (Wildman–Crippen LogP) is 1.86. The Bertz CT molecular complexity index is 194. The van der Waals surface area contributed by atoms with Crippen molar-refractivity contribution in [3.8, 4) is 0 Å². The lowest BCUT2D eigenvalue weighted by molar-refractivity contribution is 0.105. The Hall–Kier alpha value is -0.0800. The average molecular weight is 196 g/mol. The Kier molecular flexibility index (Phi) is 2.85. The molecule has 0 aromatic heterocycles.